The Kier molecular flexibility index (Phi) is 4.29. The number of benzene rings is 1. The normalized spacial score (nSPS) is 10.2. The van der Waals surface area contributed by atoms with Gasteiger partial charge in [-0.25, -0.2) is 0 Å². The maximum atomic E-state index is 12.5. The molecule has 4 nitrogen and oxygen atoms in total. The van der Waals surface area contributed by atoms with Crippen LogP contribution in [0, 0.1) is 6.92 Å². The molecule has 0 bridgehead atoms. The first kappa shape index (κ1) is 14.4. The van der Waals surface area contributed by atoms with Crippen molar-refractivity contribution >= 4 is 17.1 Å². The summed E-state index contributed by atoms with van der Waals surface area (Å²) < 4.78 is 15.8. The third-order valence-corrected chi connectivity index (χ3v) is 3.78. The molecule has 0 N–H and O–H groups in total. The van der Waals surface area contributed by atoms with E-state index in [1.54, 1.807) is 23.5 Å². The second kappa shape index (κ2) is 5.96. The van der Waals surface area contributed by atoms with Crippen molar-refractivity contribution in [2.75, 3.05) is 21.3 Å². The number of methoxy groups -OCH3 is 3. The SMILES string of the molecule is COc1cc(C(=O)c2csc(C)c2)cc(OC)c1OC. The number of carbonyl (C=O) groups is 1. The summed E-state index contributed by atoms with van der Waals surface area (Å²) >= 11 is 1.55. The summed E-state index contributed by atoms with van der Waals surface area (Å²) in [5.41, 5.74) is 1.18. The number of ketones is 1. The maximum Gasteiger partial charge on any atom is 0.203 e. The first-order valence-corrected chi connectivity index (χ1v) is 6.88. The summed E-state index contributed by atoms with van der Waals surface area (Å²) in [6.45, 7) is 1.97. The molecule has 0 fully saturated rings. The summed E-state index contributed by atoms with van der Waals surface area (Å²) in [6, 6.07) is 5.20. The molecule has 5 heteroatoms. The lowest BCUT2D eigenvalue weighted by Gasteiger charge is -2.13. The highest BCUT2D eigenvalue weighted by molar-refractivity contribution is 7.10. The molecule has 1 heterocycles. The van der Waals surface area contributed by atoms with Crippen LogP contribution in [0.3, 0.4) is 0 Å². The zero-order valence-corrected chi connectivity index (χ0v) is 12.7. The van der Waals surface area contributed by atoms with Crippen molar-refractivity contribution in [3.05, 3.63) is 39.6 Å². The Bertz CT molecular complexity index is 606. The summed E-state index contributed by atoms with van der Waals surface area (Å²) in [4.78, 5) is 13.5. The smallest absolute Gasteiger partial charge is 0.203 e. The first-order chi connectivity index (χ1) is 9.60. The average Bonchev–Trinajstić information content (AvgIpc) is 2.91. The molecule has 106 valence electrons. The van der Waals surface area contributed by atoms with Gasteiger partial charge in [-0.3, -0.25) is 4.79 Å². The maximum absolute atomic E-state index is 12.5. The van der Waals surface area contributed by atoms with E-state index in [0.29, 0.717) is 28.4 Å². The lowest BCUT2D eigenvalue weighted by Crippen LogP contribution is -2.03. The number of thiophene rings is 1. The third kappa shape index (κ3) is 2.63. The summed E-state index contributed by atoms with van der Waals surface area (Å²) in [7, 11) is 4.59. The monoisotopic (exact) mass is 292 g/mol. The summed E-state index contributed by atoms with van der Waals surface area (Å²) in [6.07, 6.45) is 0. The van der Waals surface area contributed by atoms with Gasteiger partial charge in [0.25, 0.3) is 0 Å². The van der Waals surface area contributed by atoms with Crippen LogP contribution in [0.2, 0.25) is 0 Å². The molecule has 0 radical (unpaired) electrons. The van der Waals surface area contributed by atoms with Gasteiger partial charge in [0, 0.05) is 21.4 Å². The molecule has 1 aromatic carbocycles. The van der Waals surface area contributed by atoms with Crippen molar-refractivity contribution < 1.29 is 19.0 Å². The van der Waals surface area contributed by atoms with Gasteiger partial charge in [-0.15, -0.1) is 11.3 Å². The van der Waals surface area contributed by atoms with Crippen molar-refractivity contribution in [3.63, 3.8) is 0 Å². The molecule has 2 aromatic rings. The van der Waals surface area contributed by atoms with E-state index in [9.17, 15) is 4.79 Å². The molecule has 0 aliphatic heterocycles. The van der Waals surface area contributed by atoms with E-state index in [-0.39, 0.29) is 5.78 Å². The first-order valence-electron chi connectivity index (χ1n) is 6.00. The quantitative estimate of drug-likeness (QED) is 0.793. The van der Waals surface area contributed by atoms with Crippen molar-refractivity contribution in [1.29, 1.82) is 0 Å². The van der Waals surface area contributed by atoms with Crippen LogP contribution in [-0.4, -0.2) is 27.1 Å². The van der Waals surface area contributed by atoms with Crippen LogP contribution in [-0.2, 0) is 0 Å². The lowest BCUT2D eigenvalue weighted by molar-refractivity contribution is 0.103. The molecule has 0 aliphatic rings. The largest absolute Gasteiger partial charge is 0.493 e. The molecule has 0 saturated carbocycles. The van der Waals surface area contributed by atoms with E-state index in [2.05, 4.69) is 0 Å². The fourth-order valence-corrected chi connectivity index (χ4v) is 2.62. The van der Waals surface area contributed by atoms with Crippen LogP contribution in [0.1, 0.15) is 20.8 Å². The van der Waals surface area contributed by atoms with Crippen molar-refractivity contribution in [3.8, 4) is 17.2 Å². The van der Waals surface area contributed by atoms with Crippen molar-refractivity contribution in [2.24, 2.45) is 0 Å². The molecule has 1 aromatic heterocycles. The number of hydrogen-bond donors (Lipinski definition) is 0. The highest BCUT2D eigenvalue weighted by atomic mass is 32.1. The molecule has 20 heavy (non-hydrogen) atoms. The van der Waals surface area contributed by atoms with Crippen LogP contribution in [0.25, 0.3) is 0 Å². The van der Waals surface area contributed by atoms with Crippen LogP contribution < -0.4 is 14.2 Å². The molecule has 0 aliphatic carbocycles. The second-order valence-electron chi connectivity index (χ2n) is 4.19. The summed E-state index contributed by atoms with van der Waals surface area (Å²) in [5.74, 6) is 1.37. The fourth-order valence-electron chi connectivity index (χ4n) is 1.94. The van der Waals surface area contributed by atoms with Gasteiger partial charge in [0.1, 0.15) is 0 Å². The third-order valence-electron chi connectivity index (χ3n) is 2.92. The van der Waals surface area contributed by atoms with Gasteiger partial charge < -0.3 is 14.2 Å². The molecule has 0 saturated heterocycles. The van der Waals surface area contributed by atoms with E-state index in [1.807, 2.05) is 18.4 Å². The average molecular weight is 292 g/mol. The summed E-state index contributed by atoms with van der Waals surface area (Å²) in [5, 5.41) is 1.85. The Morgan fingerprint density at radius 3 is 1.95 bits per heavy atom. The Labute approximate surface area is 121 Å². The predicted molar refractivity (Wildman–Crippen MR) is 78.6 cm³/mol. The number of ether oxygens (including phenoxy) is 3. The molecule has 0 unspecified atom stereocenters. The van der Waals surface area contributed by atoms with Gasteiger partial charge in [-0.05, 0) is 25.1 Å². The van der Waals surface area contributed by atoms with Crippen LogP contribution in [0.4, 0.5) is 0 Å². The topological polar surface area (TPSA) is 44.8 Å². The van der Waals surface area contributed by atoms with E-state index in [1.165, 1.54) is 21.3 Å². The van der Waals surface area contributed by atoms with Crippen LogP contribution in [0.15, 0.2) is 23.6 Å². The van der Waals surface area contributed by atoms with E-state index in [0.717, 1.165) is 4.88 Å². The minimum absolute atomic E-state index is 0.0615. The van der Waals surface area contributed by atoms with Gasteiger partial charge in [-0.1, -0.05) is 0 Å². The van der Waals surface area contributed by atoms with Crippen LogP contribution >= 0.6 is 11.3 Å². The van der Waals surface area contributed by atoms with E-state index in [4.69, 9.17) is 14.2 Å². The van der Waals surface area contributed by atoms with E-state index < -0.39 is 0 Å². The van der Waals surface area contributed by atoms with E-state index >= 15 is 0 Å². The predicted octanol–water partition coefficient (Wildman–Crippen LogP) is 3.31. The molecule has 2 rings (SSSR count). The molecular formula is C15H16O4S. The van der Waals surface area contributed by atoms with Gasteiger partial charge in [0.2, 0.25) is 5.75 Å². The Morgan fingerprint density at radius 2 is 1.55 bits per heavy atom. The zero-order valence-electron chi connectivity index (χ0n) is 11.9. The number of rotatable bonds is 5. The molecular weight excluding hydrogens is 276 g/mol. The Hall–Kier alpha value is -2.01. The van der Waals surface area contributed by atoms with Crippen molar-refractivity contribution in [2.45, 2.75) is 6.92 Å². The molecule has 0 atom stereocenters. The minimum atomic E-state index is -0.0615. The zero-order chi connectivity index (χ0) is 14.7. The lowest BCUT2D eigenvalue weighted by atomic mass is 10.0. The minimum Gasteiger partial charge on any atom is -0.493 e. The van der Waals surface area contributed by atoms with Gasteiger partial charge >= 0.3 is 0 Å². The highest BCUT2D eigenvalue weighted by Crippen LogP contribution is 2.38. The van der Waals surface area contributed by atoms with Gasteiger partial charge in [0.05, 0.1) is 21.3 Å². The number of hydrogen-bond acceptors (Lipinski definition) is 5. The molecule has 0 spiro atoms. The van der Waals surface area contributed by atoms with Gasteiger partial charge in [0.15, 0.2) is 17.3 Å². The Morgan fingerprint density at radius 1 is 0.950 bits per heavy atom. The van der Waals surface area contributed by atoms with Crippen LogP contribution in [0.5, 0.6) is 17.2 Å². The number of aryl methyl sites for hydroxylation is 1. The van der Waals surface area contributed by atoms with Gasteiger partial charge in [-0.2, -0.15) is 0 Å². The van der Waals surface area contributed by atoms with Crippen molar-refractivity contribution in [1.82, 2.24) is 0 Å². The highest BCUT2D eigenvalue weighted by Gasteiger charge is 2.18. The number of carbonyl (C=O) groups excluding carboxylic acids is 1. The fraction of sp³-hybridized carbons (Fsp3) is 0.267. The standard InChI is InChI=1S/C15H16O4S/c1-9-5-11(8-20-9)14(16)10-6-12(17-2)15(19-4)13(7-10)18-3/h5-8H,1-4H3. The Balaban J connectivity index is 2.49. The molecule has 0 amide bonds. The second-order valence-corrected chi connectivity index (χ2v) is 5.30.